The highest BCUT2D eigenvalue weighted by molar-refractivity contribution is 6.41. The average Bonchev–Trinajstić information content (AvgIpc) is 3.20. The maximum absolute atomic E-state index is 13.5. The van der Waals surface area contributed by atoms with Crippen LogP contribution in [0.2, 0.25) is 10.0 Å². The van der Waals surface area contributed by atoms with Crippen LogP contribution in [0.15, 0.2) is 111 Å². The molecular formula is C44H29Cl2N4O10+. The van der Waals surface area contributed by atoms with Crippen LogP contribution in [-0.4, -0.2) is 52.2 Å². The molecule has 0 bridgehead atoms. The Morgan fingerprint density at radius 1 is 0.650 bits per heavy atom. The number of halogens is 2. The van der Waals surface area contributed by atoms with E-state index >= 15 is 0 Å². The van der Waals surface area contributed by atoms with E-state index in [0.29, 0.717) is 55.4 Å². The molecule has 0 fully saturated rings. The normalized spacial score (nSPS) is 11.3. The van der Waals surface area contributed by atoms with Crippen molar-refractivity contribution in [3.63, 3.8) is 0 Å². The third-order valence-corrected chi connectivity index (χ3v) is 10.5. The first-order chi connectivity index (χ1) is 28.7. The fourth-order valence-electron chi connectivity index (χ4n) is 7.21. The van der Waals surface area contributed by atoms with E-state index in [1.807, 2.05) is 0 Å². The van der Waals surface area contributed by atoms with Crippen LogP contribution < -0.4 is 32.6 Å². The van der Waals surface area contributed by atoms with Gasteiger partial charge in [-0.25, -0.2) is 9.59 Å². The van der Waals surface area contributed by atoms with Gasteiger partial charge in [0.2, 0.25) is 0 Å². The van der Waals surface area contributed by atoms with Crippen molar-refractivity contribution >= 4 is 74.6 Å². The molecule has 8 rings (SSSR count). The minimum atomic E-state index is -1.46. The zero-order valence-electron chi connectivity index (χ0n) is 30.8. The van der Waals surface area contributed by atoms with E-state index in [1.165, 1.54) is 54.6 Å². The number of aromatic carboxylic acids is 2. The number of phenols is 1. The van der Waals surface area contributed by atoms with Crippen molar-refractivity contribution < 1.29 is 48.7 Å². The second kappa shape index (κ2) is 15.2. The number of phenolic OH excluding ortho intramolecular Hbond substituents is 1. The summed E-state index contributed by atoms with van der Waals surface area (Å²) < 4.78 is 11.9. The van der Waals surface area contributed by atoms with Gasteiger partial charge in [-0.1, -0.05) is 29.3 Å². The molecule has 2 aliphatic carbocycles. The molecule has 16 heteroatoms. The van der Waals surface area contributed by atoms with Crippen molar-refractivity contribution in [2.45, 2.75) is 0 Å². The minimum absolute atomic E-state index is 0.00755. The highest BCUT2D eigenvalue weighted by atomic mass is 35.5. The van der Waals surface area contributed by atoms with E-state index in [9.17, 15) is 39.3 Å². The number of hydrogen-bond acceptors (Lipinski definition) is 9. The summed E-state index contributed by atoms with van der Waals surface area (Å²) in [6, 6.07) is 23.4. The van der Waals surface area contributed by atoms with Crippen LogP contribution in [0.1, 0.15) is 41.4 Å². The molecule has 2 heterocycles. The number of aromatic hydroxyl groups is 1. The molecule has 60 heavy (non-hydrogen) atoms. The van der Waals surface area contributed by atoms with Crippen molar-refractivity contribution in [3.8, 4) is 50.7 Å². The smallest absolute Gasteiger partial charge is 0.337 e. The Labute approximate surface area is 347 Å². The third-order valence-electron chi connectivity index (χ3n) is 9.85. The summed E-state index contributed by atoms with van der Waals surface area (Å²) in [6.45, 7) is -0.275. The molecule has 0 spiro atoms. The van der Waals surface area contributed by atoms with Gasteiger partial charge in [0.05, 0.1) is 32.8 Å². The minimum Gasteiger partial charge on any atom is -0.508 e. The number of nitrogens with one attached hydrogen (secondary N) is 2. The van der Waals surface area contributed by atoms with Gasteiger partial charge in [-0.2, -0.15) is 0 Å². The Balaban J connectivity index is 1.05. The molecule has 0 atom stereocenters. The Morgan fingerprint density at radius 2 is 1.28 bits per heavy atom. The van der Waals surface area contributed by atoms with E-state index in [-0.39, 0.29) is 68.5 Å². The van der Waals surface area contributed by atoms with Gasteiger partial charge in [0, 0.05) is 87.2 Å². The van der Waals surface area contributed by atoms with Crippen molar-refractivity contribution in [1.82, 2.24) is 10.6 Å². The molecule has 9 N–H and O–H groups in total. The molecule has 4 aromatic rings. The molecule has 0 saturated carbocycles. The first-order valence-electron chi connectivity index (χ1n) is 17.9. The lowest BCUT2D eigenvalue weighted by molar-refractivity contribution is -0.172. The summed E-state index contributed by atoms with van der Waals surface area (Å²) in [5.41, 5.74) is 7.61. The second-order valence-electron chi connectivity index (χ2n) is 13.7. The lowest BCUT2D eigenvalue weighted by Gasteiger charge is -2.20. The van der Waals surface area contributed by atoms with Gasteiger partial charge in [0.25, 0.3) is 11.8 Å². The van der Waals surface area contributed by atoms with Crippen LogP contribution in [0.5, 0.6) is 5.75 Å². The van der Waals surface area contributed by atoms with Gasteiger partial charge in [-0.05, 0) is 66.2 Å². The van der Waals surface area contributed by atoms with Crippen molar-refractivity contribution in [1.29, 1.82) is 0 Å². The standard InChI is InChI=1S/C44H28Cl2N4O10/c45-31-18-30(40(46)39(44(57)58)38(31)37-27-7-2-20(47)14-32(27)59-33-15-21(48)3-8-28(33)37)42(54)50-12-11-49-41(53)19-1-6-24(29(13-19)43(55)56)36-25-9-4-22(51)16-34(25)60-35-17-23(52)5-10-26(35)36/h1-10,13-18,47,51H,11-12,48H2,(H,49,53)(H,50,54)(H,55,56)(H,57,58)/p+1. The molecule has 14 nitrogen and oxygen atoms in total. The Kier molecular flexibility index (Phi) is 9.95. The largest absolute Gasteiger partial charge is 0.508 e. The number of nitrogens with two attached hydrogens (primary N) is 2. The number of benzene rings is 6. The number of carboxylic acids is 2. The first kappa shape index (κ1) is 39.2. The van der Waals surface area contributed by atoms with Gasteiger partial charge >= 0.3 is 11.9 Å². The van der Waals surface area contributed by atoms with Crippen LogP contribution in [0, 0.1) is 0 Å². The number of fused-ring (bicyclic) bond motifs is 4. The molecular weight excluding hydrogens is 815 g/mol. The summed E-state index contributed by atoms with van der Waals surface area (Å²) in [7, 11) is 0. The van der Waals surface area contributed by atoms with Crippen molar-refractivity contribution in [2.24, 2.45) is 0 Å². The van der Waals surface area contributed by atoms with E-state index in [2.05, 4.69) is 10.6 Å². The van der Waals surface area contributed by atoms with Crippen LogP contribution in [-0.2, 0) is 0 Å². The Bertz CT molecular complexity index is 3210. The van der Waals surface area contributed by atoms with Gasteiger partial charge in [0.1, 0.15) is 28.4 Å². The number of nitrogen functional groups attached to an aromatic ring is 1. The molecule has 2 amide bonds. The molecule has 0 radical (unpaired) electrons. The molecule has 0 unspecified atom stereocenters. The number of rotatable bonds is 9. The highest BCUT2D eigenvalue weighted by Gasteiger charge is 2.30. The Morgan fingerprint density at radius 3 is 2.02 bits per heavy atom. The van der Waals surface area contributed by atoms with E-state index < -0.39 is 34.3 Å². The third kappa shape index (κ3) is 6.99. The lowest BCUT2D eigenvalue weighted by atomic mass is 9.89. The van der Waals surface area contributed by atoms with Crippen LogP contribution in [0.3, 0.4) is 0 Å². The number of hydrogen-bond donors (Lipinski definition) is 7. The lowest BCUT2D eigenvalue weighted by Crippen LogP contribution is -2.44. The number of carbonyl (C=O) groups excluding carboxylic acids is 2. The van der Waals surface area contributed by atoms with E-state index in [0.717, 1.165) is 0 Å². The molecule has 4 aromatic carbocycles. The molecule has 2 aliphatic heterocycles. The van der Waals surface area contributed by atoms with Gasteiger partial charge in [-0.3, -0.25) is 19.8 Å². The average molecular weight is 845 g/mol. The predicted molar refractivity (Wildman–Crippen MR) is 223 cm³/mol. The molecule has 4 aliphatic rings. The molecule has 0 aromatic heterocycles. The number of carbonyl (C=O) groups is 4. The number of amides is 2. The van der Waals surface area contributed by atoms with Crippen molar-refractivity contribution in [3.05, 3.63) is 145 Å². The van der Waals surface area contributed by atoms with E-state index in [4.69, 9.17) is 43.2 Å². The highest BCUT2D eigenvalue weighted by Crippen LogP contribution is 2.47. The maximum atomic E-state index is 13.5. The summed E-state index contributed by atoms with van der Waals surface area (Å²) in [5.74, 6) is -3.86. The quantitative estimate of drug-likeness (QED) is 0.0513. The second-order valence-corrected chi connectivity index (χ2v) is 14.4. The van der Waals surface area contributed by atoms with Gasteiger partial charge < -0.3 is 40.5 Å². The topological polar surface area (TPSA) is 248 Å². The van der Waals surface area contributed by atoms with Gasteiger partial charge in [-0.15, -0.1) is 0 Å². The zero-order valence-corrected chi connectivity index (χ0v) is 32.3. The SMILES string of the molecule is Nc1ccc2c(-c3c(Cl)cc(C(=O)NCCNC(=O)c4ccc(-c5c6ccc(=O)cc-6oc6cc(O)ccc56)c(C(=O)O)c4)c(Cl)c3C(=O)O)c3ccc(=[NH2+])cc-3oc2c1. The summed E-state index contributed by atoms with van der Waals surface area (Å²) in [4.78, 5) is 64.4. The number of carboxylic acid groups (broad SMARTS) is 2. The summed E-state index contributed by atoms with van der Waals surface area (Å²) in [5, 5.41) is 42.9. The fraction of sp³-hybridized carbons (Fsp3) is 0.0455. The summed E-state index contributed by atoms with van der Waals surface area (Å²) in [6.07, 6.45) is 0. The molecule has 298 valence electrons. The monoisotopic (exact) mass is 843 g/mol. The zero-order chi connectivity index (χ0) is 42.6. The maximum Gasteiger partial charge on any atom is 0.337 e. The van der Waals surface area contributed by atoms with Crippen LogP contribution in [0.4, 0.5) is 5.69 Å². The van der Waals surface area contributed by atoms with Crippen molar-refractivity contribution in [2.75, 3.05) is 18.8 Å². The van der Waals surface area contributed by atoms with Gasteiger partial charge in [0.15, 0.2) is 10.8 Å². The summed E-state index contributed by atoms with van der Waals surface area (Å²) >= 11 is 13.5. The van der Waals surface area contributed by atoms with Crippen LogP contribution >= 0.6 is 23.2 Å². The Hall–Kier alpha value is -7.68. The molecule has 0 saturated heterocycles. The number of anilines is 1. The predicted octanol–water partition coefficient (Wildman–Crippen LogP) is 5.89. The van der Waals surface area contributed by atoms with Crippen LogP contribution in [0.25, 0.3) is 66.8 Å². The van der Waals surface area contributed by atoms with E-state index in [1.54, 1.807) is 42.5 Å². The first-order valence-corrected chi connectivity index (χ1v) is 18.7. The fourth-order valence-corrected chi connectivity index (χ4v) is 7.82.